The van der Waals surface area contributed by atoms with Crippen LogP contribution >= 0.6 is 0 Å². The molecule has 0 bridgehead atoms. The molecule has 1 saturated carbocycles. The largest absolute Gasteiger partial charge is 0.389 e. The number of hydrogen-bond donors (Lipinski definition) is 2. The van der Waals surface area contributed by atoms with Crippen LogP contribution in [0.2, 0.25) is 0 Å². The molecule has 1 aliphatic carbocycles. The van der Waals surface area contributed by atoms with E-state index in [2.05, 4.69) is 24.2 Å². The first-order chi connectivity index (χ1) is 9.63. The molecule has 1 saturated heterocycles. The fourth-order valence-electron chi connectivity index (χ4n) is 3.48. The third-order valence-electron chi connectivity index (χ3n) is 4.71. The molecule has 4 unspecified atom stereocenters. The minimum atomic E-state index is -0.369. The van der Waals surface area contributed by atoms with Crippen molar-refractivity contribution < 1.29 is 9.84 Å². The molecule has 118 valence electrons. The first-order valence-electron chi connectivity index (χ1n) is 8.32. The molecule has 0 radical (unpaired) electrons. The number of rotatable bonds is 7. The van der Waals surface area contributed by atoms with Crippen molar-refractivity contribution in [1.29, 1.82) is 0 Å². The number of ether oxygens (including phenoxy) is 1. The highest BCUT2D eigenvalue weighted by molar-refractivity contribution is 4.75. The molecule has 1 aliphatic heterocycles. The monoisotopic (exact) mass is 284 g/mol. The summed E-state index contributed by atoms with van der Waals surface area (Å²) < 4.78 is 5.86. The minimum Gasteiger partial charge on any atom is -0.389 e. The molecule has 2 fully saturated rings. The van der Waals surface area contributed by atoms with Gasteiger partial charge in [-0.1, -0.05) is 19.8 Å². The lowest BCUT2D eigenvalue weighted by molar-refractivity contribution is -0.0307. The van der Waals surface area contributed by atoms with E-state index in [1.165, 1.54) is 38.8 Å². The van der Waals surface area contributed by atoms with Crippen molar-refractivity contribution in [3.8, 4) is 0 Å². The molecule has 0 amide bonds. The van der Waals surface area contributed by atoms with Crippen LogP contribution in [0, 0.1) is 11.8 Å². The van der Waals surface area contributed by atoms with E-state index >= 15 is 0 Å². The Morgan fingerprint density at radius 3 is 2.90 bits per heavy atom. The van der Waals surface area contributed by atoms with Crippen molar-refractivity contribution in [3.05, 3.63) is 0 Å². The average Bonchev–Trinajstić information content (AvgIpc) is 2.82. The molecule has 0 spiro atoms. The van der Waals surface area contributed by atoms with Crippen molar-refractivity contribution in [2.75, 3.05) is 39.8 Å². The molecular formula is C16H32N2O2. The van der Waals surface area contributed by atoms with Gasteiger partial charge in [0.15, 0.2) is 0 Å². The zero-order chi connectivity index (χ0) is 14.4. The Morgan fingerprint density at radius 2 is 2.20 bits per heavy atom. The molecule has 0 aromatic heterocycles. The third kappa shape index (κ3) is 5.68. The Balaban J connectivity index is 1.50. The Kier molecular flexibility index (Phi) is 6.75. The highest BCUT2D eigenvalue weighted by Gasteiger charge is 2.21. The van der Waals surface area contributed by atoms with Gasteiger partial charge in [0.1, 0.15) is 0 Å². The van der Waals surface area contributed by atoms with E-state index in [0.29, 0.717) is 19.3 Å². The molecule has 4 heteroatoms. The van der Waals surface area contributed by atoms with Gasteiger partial charge in [0.2, 0.25) is 0 Å². The fourth-order valence-corrected chi connectivity index (χ4v) is 3.48. The normalized spacial score (nSPS) is 33.5. The minimum absolute atomic E-state index is 0.369. The number of aliphatic hydroxyl groups is 1. The first kappa shape index (κ1) is 16.2. The van der Waals surface area contributed by atoms with Gasteiger partial charge in [-0.15, -0.1) is 0 Å². The molecule has 4 nitrogen and oxygen atoms in total. The van der Waals surface area contributed by atoms with Gasteiger partial charge in [-0.05, 0) is 51.2 Å². The number of aliphatic hydroxyl groups excluding tert-OH is 1. The van der Waals surface area contributed by atoms with Crippen molar-refractivity contribution >= 4 is 0 Å². The lowest BCUT2D eigenvalue weighted by atomic mass is 9.89. The second-order valence-corrected chi connectivity index (χ2v) is 6.96. The van der Waals surface area contributed by atoms with Crippen LogP contribution in [0.3, 0.4) is 0 Å². The molecule has 2 N–H and O–H groups in total. The van der Waals surface area contributed by atoms with Crippen LogP contribution in [0.1, 0.15) is 39.0 Å². The number of hydrogen-bond acceptors (Lipinski definition) is 4. The van der Waals surface area contributed by atoms with Gasteiger partial charge < -0.3 is 20.1 Å². The summed E-state index contributed by atoms with van der Waals surface area (Å²) in [5.41, 5.74) is 0. The van der Waals surface area contributed by atoms with Gasteiger partial charge in [-0.25, -0.2) is 0 Å². The maximum Gasteiger partial charge on any atom is 0.0897 e. The summed E-state index contributed by atoms with van der Waals surface area (Å²) in [4.78, 5) is 2.37. The smallest absolute Gasteiger partial charge is 0.0897 e. The van der Waals surface area contributed by atoms with Crippen LogP contribution < -0.4 is 5.32 Å². The van der Waals surface area contributed by atoms with Gasteiger partial charge in [0, 0.05) is 13.1 Å². The van der Waals surface area contributed by atoms with Gasteiger partial charge in [-0.3, -0.25) is 0 Å². The Labute approximate surface area is 123 Å². The Bertz CT molecular complexity index is 275. The fraction of sp³-hybridized carbons (Fsp3) is 1.00. The van der Waals surface area contributed by atoms with Crippen molar-refractivity contribution in [2.24, 2.45) is 11.8 Å². The summed E-state index contributed by atoms with van der Waals surface area (Å²) in [7, 11) is 2.17. The van der Waals surface area contributed by atoms with Gasteiger partial charge in [0.05, 0.1) is 18.8 Å². The summed E-state index contributed by atoms with van der Waals surface area (Å²) in [5.74, 6) is 1.52. The quantitative estimate of drug-likeness (QED) is 0.743. The highest BCUT2D eigenvalue weighted by Crippen LogP contribution is 2.25. The second-order valence-electron chi connectivity index (χ2n) is 6.96. The van der Waals surface area contributed by atoms with E-state index in [4.69, 9.17) is 4.74 Å². The van der Waals surface area contributed by atoms with Crippen molar-refractivity contribution in [1.82, 2.24) is 10.2 Å². The van der Waals surface area contributed by atoms with E-state index in [1.54, 1.807) is 0 Å². The number of nitrogens with zero attached hydrogens (tertiary/aromatic N) is 1. The SMILES string of the molecule is CC1CCCC(OCC(O)CNCC2CCN(C)C2)C1. The predicted octanol–water partition coefficient (Wildman–Crippen LogP) is 1.48. The third-order valence-corrected chi connectivity index (χ3v) is 4.71. The van der Waals surface area contributed by atoms with Gasteiger partial charge in [0.25, 0.3) is 0 Å². The van der Waals surface area contributed by atoms with E-state index in [9.17, 15) is 5.11 Å². The molecule has 20 heavy (non-hydrogen) atoms. The van der Waals surface area contributed by atoms with Gasteiger partial charge >= 0.3 is 0 Å². The van der Waals surface area contributed by atoms with Gasteiger partial charge in [-0.2, -0.15) is 0 Å². The maximum absolute atomic E-state index is 9.97. The summed E-state index contributed by atoms with van der Waals surface area (Å²) in [6.45, 7) is 6.84. The van der Waals surface area contributed by atoms with Crippen LogP contribution in [0.5, 0.6) is 0 Å². The summed E-state index contributed by atoms with van der Waals surface area (Å²) >= 11 is 0. The lowest BCUT2D eigenvalue weighted by Gasteiger charge is -2.27. The molecule has 2 aliphatic rings. The topological polar surface area (TPSA) is 44.7 Å². The van der Waals surface area contributed by atoms with Crippen LogP contribution in [-0.2, 0) is 4.74 Å². The number of likely N-dealkylation sites (tertiary alicyclic amines) is 1. The van der Waals surface area contributed by atoms with Crippen LogP contribution in [0.4, 0.5) is 0 Å². The summed E-state index contributed by atoms with van der Waals surface area (Å²) in [5, 5.41) is 13.4. The summed E-state index contributed by atoms with van der Waals surface area (Å²) in [6.07, 6.45) is 6.21. The van der Waals surface area contributed by atoms with Crippen LogP contribution in [-0.4, -0.2) is 62.0 Å². The van der Waals surface area contributed by atoms with Crippen molar-refractivity contribution in [3.63, 3.8) is 0 Å². The molecular weight excluding hydrogens is 252 g/mol. The zero-order valence-corrected chi connectivity index (χ0v) is 13.2. The van der Waals surface area contributed by atoms with Crippen molar-refractivity contribution in [2.45, 2.75) is 51.2 Å². The van der Waals surface area contributed by atoms with E-state index < -0.39 is 0 Å². The highest BCUT2D eigenvalue weighted by atomic mass is 16.5. The lowest BCUT2D eigenvalue weighted by Crippen LogP contribution is -2.35. The number of nitrogens with one attached hydrogen (secondary N) is 1. The Hall–Kier alpha value is -0.160. The first-order valence-corrected chi connectivity index (χ1v) is 8.32. The van der Waals surface area contributed by atoms with Crippen LogP contribution in [0.15, 0.2) is 0 Å². The molecule has 1 heterocycles. The van der Waals surface area contributed by atoms with Crippen LogP contribution in [0.25, 0.3) is 0 Å². The molecule has 4 atom stereocenters. The second kappa shape index (κ2) is 8.32. The molecule has 0 aromatic rings. The van der Waals surface area contributed by atoms with E-state index in [0.717, 1.165) is 24.8 Å². The van der Waals surface area contributed by atoms with E-state index in [1.807, 2.05) is 0 Å². The zero-order valence-electron chi connectivity index (χ0n) is 13.2. The molecule has 2 rings (SSSR count). The summed E-state index contributed by atoms with van der Waals surface area (Å²) in [6, 6.07) is 0. The van der Waals surface area contributed by atoms with E-state index in [-0.39, 0.29) is 6.10 Å². The molecule has 0 aromatic carbocycles. The Morgan fingerprint density at radius 1 is 1.35 bits per heavy atom. The predicted molar refractivity (Wildman–Crippen MR) is 81.9 cm³/mol. The average molecular weight is 284 g/mol. The maximum atomic E-state index is 9.97. The standard InChI is InChI=1S/C16H32N2O2/c1-13-4-3-5-16(8-13)20-12-15(19)10-17-9-14-6-7-18(2)11-14/h13-17,19H,3-12H2,1-2H3.